The maximum Gasteiger partial charge on any atom is 0.324 e. The summed E-state index contributed by atoms with van der Waals surface area (Å²) < 4.78 is 5.20. The van der Waals surface area contributed by atoms with Gasteiger partial charge in [0.25, 0.3) is 0 Å². The predicted molar refractivity (Wildman–Crippen MR) is 92.5 cm³/mol. The molecule has 1 aromatic carbocycles. The second kappa shape index (κ2) is 7.38. The minimum atomic E-state index is -0.918. The minimum Gasteiger partial charge on any atom is -0.454 e. The van der Waals surface area contributed by atoms with Gasteiger partial charge in [-0.15, -0.1) is 0 Å². The van der Waals surface area contributed by atoms with Crippen molar-refractivity contribution in [2.24, 2.45) is 0 Å². The number of hydrogen-bond acceptors (Lipinski definition) is 5. The van der Waals surface area contributed by atoms with Gasteiger partial charge < -0.3 is 15.0 Å². The van der Waals surface area contributed by atoms with Crippen molar-refractivity contribution in [2.45, 2.75) is 25.9 Å². The van der Waals surface area contributed by atoms with Gasteiger partial charge in [0.15, 0.2) is 6.10 Å². The van der Waals surface area contributed by atoms with Crippen LogP contribution in [0.15, 0.2) is 30.5 Å². The first kappa shape index (κ1) is 17.7. The summed E-state index contributed by atoms with van der Waals surface area (Å²) in [5.41, 5.74) is 1.31. The van der Waals surface area contributed by atoms with Gasteiger partial charge in [0.1, 0.15) is 0 Å². The number of H-pyrrole nitrogens is 1. The van der Waals surface area contributed by atoms with Crippen molar-refractivity contribution in [1.29, 1.82) is 0 Å². The molecule has 1 saturated heterocycles. The number of nitrogens with one attached hydrogen (secondary N) is 2. The molecule has 1 aliphatic rings. The summed E-state index contributed by atoms with van der Waals surface area (Å²) in [5, 5.41) is 3.19. The summed E-state index contributed by atoms with van der Waals surface area (Å²) in [7, 11) is 0. The summed E-state index contributed by atoms with van der Waals surface area (Å²) >= 11 is 0. The Hall–Kier alpha value is -3.16. The van der Waals surface area contributed by atoms with E-state index in [9.17, 15) is 19.2 Å². The first-order valence-corrected chi connectivity index (χ1v) is 8.35. The molecule has 136 valence electrons. The number of carbonyl (C=O) groups is 4. The van der Waals surface area contributed by atoms with E-state index in [2.05, 4.69) is 10.3 Å². The molecule has 1 aromatic heterocycles. The fraction of sp³-hybridized carbons (Fsp3) is 0.333. The van der Waals surface area contributed by atoms with Gasteiger partial charge in [0, 0.05) is 35.6 Å². The van der Waals surface area contributed by atoms with Crippen LogP contribution in [-0.4, -0.2) is 52.8 Å². The van der Waals surface area contributed by atoms with E-state index in [-0.39, 0.29) is 37.6 Å². The summed E-state index contributed by atoms with van der Waals surface area (Å²) in [5.74, 6) is -1.14. The fourth-order valence-electron chi connectivity index (χ4n) is 2.87. The highest BCUT2D eigenvalue weighted by atomic mass is 16.5. The highest BCUT2D eigenvalue weighted by Gasteiger charge is 2.28. The highest BCUT2D eigenvalue weighted by Crippen LogP contribution is 2.20. The van der Waals surface area contributed by atoms with Crippen molar-refractivity contribution >= 4 is 34.6 Å². The number of amides is 3. The summed E-state index contributed by atoms with van der Waals surface area (Å²) in [6.45, 7) is 1.66. The number of nitrogens with zero attached hydrogens (tertiary/aromatic N) is 1. The van der Waals surface area contributed by atoms with Crippen LogP contribution in [0.25, 0.3) is 10.9 Å². The van der Waals surface area contributed by atoms with E-state index < -0.39 is 18.1 Å². The third kappa shape index (κ3) is 3.58. The number of urea groups is 1. The van der Waals surface area contributed by atoms with Gasteiger partial charge in [-0.25, -0.2) is 4.79 Å². The quantitative estimate of drug-likeness (QED) is 0.445. The van der Waals surface area contributed by atoms with E-state index >= 15 is 0 Å². The molecule has 0 bridgehead atoms. The smallest absolute Gasteiger partial charge is 0.324 e. The number of esters is 1. The van der Waals surface area contributed by atoms with Crippen LogP contribution in [0.4, 0.5) is 4.79 Å². The Kier molecular flexibility index (Phi) is 5.01. The van der Waals surface area contributed by atoms with Crippen molar-refractivity contribution in [3.63, 3.8) is 0 Å². The number of fused-ring (bicyclic) bond motifs is 1. The Bertz CT molecular complexity index is 857. The van der Waals surface area contributed by atoms with Crippen molar-refractivity contribution in [2.75, 3.05) is 13.1 Å². The van der Waals surface area contributed by atoms with Crippen LogP contribution in [0.3, 0.4) is 0 Å². The van der Waals surface area contributed by atoms with Crippen LogP contribution < -0.4 is 5.32 Å². The van der Waals surface area contributed by atoms with Crippen LogP contribution in [0.5, 0.6) is 0 Å². The molecule has 0 saturated carbocycles. The summed E-state index contributed by atoms with van der Waals surface area (Å²) in [6.07, 6.45) is 0.988. The Labute approximate surface area is 149 Å². The van der Waals surface area contributed by atoms with Crippen LogP contribution in [0.2, 0.25) is 0 Å². The maximum atomic E-state index is 12.5. The number of carbonyl (C=O) groups excluding carboxylic acids is 4. The van der Waals surface area contributed by atoms with E-state index in [1.165, 1.54) is 6.92 Å². The molecule has 0 aliphatic carbocycles. The lowest BCUT2D eigenvalue weighted by Crippen LogP contribution is -2.32. The number of ether oxygens (including phenoxy) is 1. The lowest BCUT2D eigenvalue weighted by atomic mass is 10.1. The number of para-hydroxylation sites is 1. The number of aromatic amines is 1. The number of rotatable bonds is 7. The topological polar surface area (TPSA) is 109 Å². The average Bonchev–Trinajstić information content (AvgIpc) is 3.19. The molecule has 3 rings (SSSR count). The maximum absolute atomic E-state index is 12.5. The minimum absolute atomic E-state index is 0.0144. The summed E-state index contributed by atoms with van der Waals surface area (Å²) in [6, 6.07) is 6.93. The molecule has 8 nitrogen and oxygen atoms in total. The molecule has 8 heteroatoms. The van der Waals surface area contributed by atoms with Crippen molar-refractivity contribution in [3.05, 3.63) is 36.0 Å². The number of benzene rings is 1. The average molecular weight is 357 g/mol. The first-order valence-electron chi connectivity index (χ1n) is 8.35. The van der Waals surface area contributed by atoms with Gasteiger partial charge >= 0.3 is 12.0 Å². The van der Waals surface area contributed by atoms with Crippen LogP contribution in [0.1, 0.15) is 30.1 Å². The Balaban J connectivity index is 1.51. The van der Waals surface area contributed by atoms with E-state index in [1.54, 1.807) is 6.20 Å². The third-order valence-electron chi connectivity index (χ3n) is 4.23. The molecular weight excluding hydrogens is 338 g/mol. The van der Waals surface area contributed by atoms with Crippen LogP contribution in [-0.2, 0) is 14.3 Å². The van der Waals surface area contributed by atoms with Crippen LogP contribution >= 0.6 is 0 Å². The molecule has 0 spiro atoms. The number of hydrogen-bond donors (Lipinski definition) is 2. The highest BCUT2D eigenvalue weighted by molar-refractivity contribution is 6.10. The van der Waals surface area contributed by atoms with Crippen molar-refractivity contribution < 1.29 is 23.9 Å². The first-order chi connectivity index (χ1) is 12.5. The predicted octanol–water partition coefficient (Wildman–Crippen LogP) is 1.61. The third-order valence-corrected chi connectivity index (χ3v) is 4.23. The molecule has 1 fully saturated rings. The van der Waals surface area contributed by atoms with E-state index in [4.69, 9.17) is 4.74 Å². The van der Waals surface area contributed by atoms with Gasteiger partial charge in [-0.3, -0.25) is 19.3 Å². The molecule has 2 aromatic rings. The standard InChI is InChI=1S/C18H19N3O5/c1-11(17(24)13-9-19-14-6-3-2-5-12(13)14)26-16(23)7-4-8-21-15(22)10-20-18(21)25/h2-3,5-6,9,11,19H,4,7-8,10H2,1H3,(H,20,25)/t11-/m1/s1. The van der Waals surface area contributed by atoms with Gasteiger partial charge in [-0.1, -0.05) is 18.2 Å². The second-order valence-corrected chi connectivity index (χ2v) is 6.05. The normalized spacial score (nSPS) is 15.2. The SMILES string of the molecule is C[C@@H](OC(=O)CCCN1C(=O)CNC1=O)C(=O)c1c[nH]c2ccccc12. The van der Waals surface area contributed by atoms with Gasteiger partial charge in [0.05, 0.1) is 6.54 Å². The largest absolute Gasteiger partial charge is 0.454 e. The molecule has 2 N–H and O–H groups in total. The fourth-order valence-corrected chi connectivity index (χ4v) is 2.87. The molecule has 2 heterocycles. The monoisotopic (exact) mass is 357 g/mol. The van der Waals surface area contributed by atoms with E-state index in [1.807, 2.05) is 24.3 Å². The number of aromatic nitrogens is 1. The number of Topliss-reactive ketones (excluding diaryl/α,β-unsaturated/α-hetero) is 1. The summed E-state index contributed by atoms with van der Waals surface area (Å²) in [4.78, 5) is 51.4. The molecule has 1 aliphatic heterocycles. The molecule has 3 amide bonds. The Morgan fingerprint density at radius 2 is 2.04 bits per heavy atom. The van der Waals surface area contributed by atoms with E-state index in [0.717, 1.165) is 15.8 Å². The number of ketones is 1. The molecular formula is C18H19N3O5. The zero-order chi connectivity index (χ0) is 18.7. The van der Waals surface area contributed by atoms with Gasteiger partial charge in [-0.05, 0) is 19.4 Å². The lowest BCUT2D eigenvalue weighted by molar-refractivity contribution is -0.146. The zero-order valence-electron chi connectivity index (χ0n) is 14.3. The Morgan fingerprint density at radius 3 is 2.77 bits per heavy atom. The molecule has 26 heavy (non-hydrogen) atoms. The molecule has 0 unspecified atom stereocenters. The van der Waals surface area contributed by atoms with Gasteiger partial charge in [-0.2, -0.15) is 0 Å². The van der Waals surface area contributed by atoms with Crippen LogP contribution in [0, 0.1) is 0 Å². The molecule has 1 atom stereocenters. The number of imide groups is 1. The second-order valence-electron chi connectivity index (χ2n) is 6.05. The van der Waals surface area contributed by atoms with Crippen molar-refractivity contribution in [3.8, 4) is 0 Å². The molecule has 0 radical (unpaired) electrons. The lowest BCUT2D eigenvalue weighted by Gasteiger charge is -2.14. The van der Waals surface area contributed by atoms with Gasteiger partial charge in [0.2, 0.25) is 11.7 Å². The van der Waals surface area contributed by atoms with E-state index in [0.29, 0.717) is 5.56 Å². The Morgan fingerprint density at radius 1 is 1.27 bits per heavy atom. The zero-order valence-corrected chi connectivity index (χ0v) is 14.3. The van der Waals surface area contributed by atoms with Crippen molar-refractivity contribution in [1.82, 2.24) is 15.2 Å².